The summed E-state index contributed by atoms with van der Waals surface area (Å²) in [6.45, 7) is 1.62. The Morgan fingerprint density at radius 2 is 2.45 bits per heavy atom. The lowest BCUT2D eigenvalue weighted by molar-refractivity contribution is -0.113. The van der Waals surface area contributed by atoms with Gasteiger partial charge in [0.15, 0.2) is 5.78 Å². The summed E-state index contributed by atoms with van der Waals surface area (Å²) >= 11 is 3.47. The smallest absolute Gasteiger partial charge is 0.155 e. The maximum atomic E-state index is 11.0. The van der Waals surface area contributed by atoms with Crippen molar-refractivity contribution in [3.63, 3.8) is 0 Å². The minimum absolute atomic E-state index is 0.182. The van der Waals surface area contributed by atoms with Crippen LogP contribution in [-0.4, -0.2) is 18.5 Å². The molecule has 0 N–H and O–H groups in total. The number of rotatable bonds is 1. The number of halogens is 1. The Morgan fingerprint density at radius 1 is 1.82 bits per heavy atom. The van der Waals surface area contributed by atoms with E-state index in [1.165, 1.54) is 5.47 Å². The van der Waals surface area contributed by atoms with E-state index in [9.17, 15) is 4.79 Å². The van der Waals surface area contributed by atoms with Crippen molar-refractivity contribution in [2.75, 3.05) is 0 Å². The van der Waals surface area contributed by atoms with E-state index >= 15 is 0 Å². The van der Waals surface area contributed by atoms with Crippen molar-refractivity contribution in [2.24, 2.45) is 0 Å². The van der Waals surface area contributed by atoms with Crippen LogP contribution >= 0.6 is 15.9 Å². The van der Waals surface area contributed by atoms with Crippen LogP contribution in [0.25, 0.3) is 0 Å². The van der Waals surface area contributed by atoms with Gasteiger partial charge in [0.2, 0.25) is 0 Å². The van der Waals surface area contributed by atoms with Gasteiger partial charge in [-0.3, -0.25) is 4.79 Å². The zero-order valence-electron chi connectivity index (χ0n) is 6.73. The SMILES string of the molecule is BC1=CC(Br)CC(C(C)=O)=C1. The first kappa shape index (κ1) is 8.79. The molecular weight excluding hydrogens is 203 g/mol. The van der Waals surface area contributed by atoms with Gasteiger partial charge in [-0.25, -0.2) is 0 Å². The molecule has 11 heavy (non-hydrogen) atoms. The summed E-state index contributed by atoms with van der Waals surface area (Å²) in [5.74, 6) is 0.182. The Bertz CT molecular complexity index is 242. The molecule has 1 aliphatic carbocycles. The predicted molar refractivity (Wildman–Crippen MR) is 52.7 cm³/mol. The molecule has 0 aliphatic heterocycles. The second-order valence-corrected chi connectivity index (χ2v) is 4.03. The Balaban J connectivity index is 2.84. The van der Waals surface area contributed by atoms with Gasteiger partial charge in [-0.05, 0) is 18.9 Å². The van der Waals surface area contributed by atoms with Crippen LogP contribution in [0.1, 0.15) is 13.3 Å². The Labute approximate surface area is 76.1 Å². The van der Waals surface area contributed by atoms with Gasteiger partial charge in [0, 0.05) is 4.83 Å². The van der Waals surface area contributed by atoms with E-state index in [0.29, 0.717) is 4.83 Å². The van der Waals surface area contributed by atoms with E-state index < -0.39 is 0 Å². The number of alkyl halides is 1. The molecular formula is C8H10BBrO. The summed E-state index contributed by atoms with van der Waals surface area (Å²) in [5.41, 5.74) is 2.09. The molecule has 0 saturated heterocycles. The molecule has 58 valence electrons. The minimum atomic E-state index is 0.182. The second-order valence-electron chi connectivity index (χ2n) is 2.86. The van der Waals surface area contributed by atoms with Gasteiger partial charge in [0.05, 0.1) is 0 Å². The summed E-state index contributed by atoms with van der Waals surface area (Å²) in [5, 5.41) is 0. The van der Waals surface area contributed by atoms with Crippen molar-refractivity contribution in [3.8, 4) is 0 Å². The molecule has 0 bridgehead atoms. The number of ketones is 1. The fraction of sp³-hybridized carbons (Fsp3) is 0.375. The van der Waals surface area contributed by atoms with Crippen LogP contribution in [0.2, 0.25) is 0 Å². The zero-order valence-corrected chi connectivity index (χ0v) is 8.31. The Kier molecular flexibility index (Phi) is 2.71. The Morgan fingerprint density at radius 3 is 2.91 bits per heavy atom. The fourth-order valence-corrected chi connectivity index (χ4v) is 1.95. The molecule has 0 amide bonds. The third kappa shape index (κ3) is 2.33. The molecule has 1 unspecified atom stereocenters. The average molecular weight is 213 g/mol. The third-order valence-electron chi connectivity index (χ3n) is 1.71. The van der Waals surface area contributed by atoms with Gasteiger partial charge in [0.25, 0.3) is 0 Å². The van der Waals surface area contributed by atoms with Crippen molar-refractivity contribution in [3.05, 3.63) is 23.2 Å². The first-order valence-electron chi connectivity index (χ1n) is 3.63. The highest BCUT2D eigenvalue weighted by Crippen LogP contribution is 2.21. The van der Waals surface area contributed by atoms with E-state index in [0.717, 1.165) is 12.0 Å². The van der Waals surface area contributed by atoms with Crippen molar-refractivity contribution >= 4 is 29.6 Å². The van der Waals surface area contributed by atoms with Gasteiger partial charge in [-0.2, -0.15) is 0 Å². The number of Topliss-reactive ketones (excluding diaryl/α,β-unsaturated/α-hetero) is 1. The summed E-state index contributed by atoms with van der Waals surface area (Å²) in [6, 6.07) is 0. The van der Waals surface area contributed by atoms with Gasteiger partial charge < -0.3 is 0 Å². The largest absolute Gasteiger partial charge is 0.295 e. The van der Waals surface area contributed by atoms with Crippen molar-refractivity contribution in [1.82, 2.24) is 0 Å². The number of hydrogen-bond acceptors (Lipinski definition) is 1. The van der Waals surface area contributed by atoms with Gasteiger partial charge in [-0.1, -0.05) is 33.6 Å². The number of hydrogen-bond donors (Lipinski definition) is 0. The summed E-state index contributed by atoms with van der Waals surface area (Å²) < 4.78 is 0. The lowest BCUT2D eigenvalue weighted by Crippen LogP contribution is -2.08. The Hall–Kier alpha value is -0.305. The summed E-state index contributed by atoms with van der Waals surface area (Å²) in [4.78, 5) is 11.3. The highest BCUT2D eigenvalue weighted by Gasteiger charge is 2.13. The second kappa shape index (κ2) is 3.39. The molecule has 1 atom stereocenters. The van der Waals surface area contributed by atoms with E-state index in [-0.39, 0.29) is 5.78 Å². The molecule has 0 spiro atoms. The highest BCUT2D eigenvalue weighted by molar-refractivity contribution is 9.09. The lowest BCUT2D eigenvalue weighted by atomic mass is 9.86. The van der Waals surface area contributed by atoms with Crippen LogP contribution in [0.4, 0.5) is 0 Å². The molecule has 0 saturated carbocycles. The summed E-state index contributed by atoms with van der Waals surface area (Å²) in [7, 11) is 2.01. The maximum Gasteiger partial charge on any atom is 0.155 e. The predicted octanol–water partition coefficient (Wildman–Crippen LogP) is 1.19. The fourth-order valence-electron chi connectivity index (χ4n) is 1.18. The minimum Gasteiger partial charge on any atom is -0.295 e. The van der Waals surface area contributed by atoms with Crippen LogP contribution in [-0.2, 0) is 4.79 Å². The molecule has 1 aliphatic rings. The van der Waals surface area contributed by atoms with Crippen LogP contribution in [0, 0.1) is 0 Å². The molecule has 0 aromatic heterocycles. The van der Waals surface area contributed by atoms with Gasteiger partial charge >= 0.3 is 0 Å². The van der Waals surface area contributed by atoms with Gasteiger partial charge in [0.1, 0.15) is 7.85 Å². The summed E-state index contributed by atoms with van der Waals surface area (Å²) in [6.07, 6.45) is 4.90. The molecule has 0 aromatic carbocycles. The van der Waals surface area contributed by atoms with Crippen molar-refractivity contribution in [2.45, 2.75) is 18.2 Å². The first-order chi connectivity index (χ1) is 5.09. The lowest BCUT2D eigenvalue weighted by Gasteiger charge is -2.13. The molecule has 0 fully saturated rings. The van der Waals surface area contributed by atoms with E-state index in [1.54, 1.807) is 6.92 Å². The van der Waals surface area contributed by atoms with Crippen LogP contribution in [0.15, 0.2) is 23.2 Å². The highest BCUT2D eigenvalue weighted by atomic mass is 79.9. The maximum absolute atomic E-state index is 11.0. The van der Waals surface area contributed by atoms with Crippen molar-refractivity contribution in [1.29, 1.82) is 0 Å². The van der Waals surface area contributed by atoms with Crippen LogP contribution < -0.4 is 0 Å². The van der Waals surface area contributed by atoms with E-state index in [1.807, 2.05) is 13.9 Å². The average Bonchev–Trinajstić information content (AvgIpc) is 1.85. The zero-order chi connectivity index (χ0) is 8.43. The van der Waals surface area contributed by atoms with Gasteiger partial charge in [-0.15, -0.1) is 0 Å². The van der Waals surface area contributed by atoms with E-state index in [2.05, 4.69) is 22.0 Å². The molecule has 0 heterocycles. The first-order valence-corrected chi connectivity index (χ1v) is 4.55. The van der Waals surface area contributed by atoms with Crippen LogP contribution in [0.3, 0.4) is 0 Å². The molecule has 1 nitrogen and oxygen atoms in total. The number of carbonyl (C=O) groups excluding carboxylic acids is 1. The monoisotopic (exact) mass is 212 g/mol. The quantitative estimate of drug-likeness (QED) is 0.472. The topological polar surface area (TPSA) is 17.1 Å². The third-order valence-corrected chi connectivity index (χ3v) is 2.30. The van der Waals surface area contributed by atoms with Crippen molar-refractivity contribution < 1.29 is 4.79 Å². The van der Waals surface area contributed by atoms with E-state index in [4.69, 9.17) is 0 Å². The van der Waals surface area contributed by atoms with Crippen LogP contribution in [0.5, 0.6) is 0 Å². The molecule has 3 heteroatoms. The molecule has 0 radical (unpaired) electrons. The normalized spacial score (nSPS) is 24.0. The molecule has 1 rings (SSSR count). The number of allylic oxidation sites excluding steroid dienone is 4. The number of carbonyl (C=O) groups is 1. The standard InChI is InChI=1S/C8H10BBrO/c1-5(11)6-2-7(9)4-8(10)3-6/h2,4,8H,3,9H2,1H3. The molecule has 0 aromatic rings.